The van der Waals surface area contributed by atoms with Gasteiger partial charge in [-0.15, -0.1) is 0 Å². The molecule has 4 heteroatoms. The Morgan fingerprint density at radius 2 is 2.46 bits per heavy atom. The maximum Gasteiger partial charge on any atom is 0.138 e. The van der Waals surface area contributed by atoms with E-state index in [0.29, 0.717) is 5.94 Å². The largest absolute Gasteiger partial charge is 0.481 e. The minimum absolute atomic E-state index is 0.254. The first kappa shape index (κ1) is 8.87. The third-order valence-corrected chi connectivity index (χ3v) is 2.87. The maximum absolute atomic E-state index is 9.49. The predicted octanol–water partition coefficient (Wildman–Crippen LogP) is 1.12. The van der Waals surface area contributed by atoms with Crippen molar-refractivity contribution in [1.82, 2.24) is 0 Å². The molecule has 0 spiro atoms. The zero-order valence-electron chi connectivity index (χ0n) is 7.06. The first-order valence-corrected chi connectivity index (χ1v) is 5.07. The Labute approximate surface area is 80.9 Å². The molecule has 0 radical (unpaired) electrons. The van der Waals surface area contributed by atoms with E-state index in [1.54, 1.807) is 11.8 Å². The van der Waals surface area contributed by atoms with Crippen molar-refractivity contribution in [3.8, 4) is 5.75 Å². The molecule has 70 valence electrons. The third kappa shape index (κ3) is 1.65. The molecule has 0 saturated carbocycles. The standard InChI is InChI=1S/C9H11NO2S/c10-4-7(11)6-1-2-8-9(3-6)13-5-12-8/h1-3,7,11H,4-5,10H2. The van der Waals surface area contributed by atoms with Gasteiger partial charge in [-0.25, -0.2) is 0 Å². The molecule has 3 N–H and O–H groups in total. The highest BCUT2D eigenvalue weighted by Gasteiger charge is 2.14. The topological polar surface area (TPSA) is 55.5 Å². The van der Waals surface area contributed by atoms with Crippen LogP contribution in [0.4, 0.5) is 0 Å². The molecule has 1 aromatic carbocycles. The summed E-state index contributed by atoms with van der Waals surface area (Å²) in [5.41, 5.74) is 6.22. The molecular weight excluding hydrogens is 186 g/mol. The van der Waals surface area contributed by atoms with Crippen LogP contribution in [0.5, 0.6) is 5.75 Å². The molecule has 0 fully saturated rings. The van der Waals surface area contributed by atoms with E-state index in [0.717, 1.165) is 16.2 Å². The van der Waals surface area contributed by atoms with Gasteiger partial charge < -0.3 is 15.6 Å². The second-order valence-corrected chi connectivity index (χ2v) is 3.83. The van der Waals surface area contributed by atoms with Gasteiger partial charge >= 0.3 is 0 Å². The number of hydrogen-bond acceptors (Lipinski definition) is 4. The van der Waals surface area contributed by atoms with Crippen LogP contribution in [-0.4, -0.2) is 17.6 Å². The van der Waals surface area contributed by atoms with E-state index in [4.69, 9.17) is 10.5 Å². The molecule has 0 aliphatic carbocycles. The Bertz CT molecular complexity index is 316. The minimum Gasteiger partial charge on any atom is -0.481 e. The predicted molar refractivity (Wildman–Crippen MR) is 51.8 cm³/mol. The fraction of sp³-hybridized carbons (Fsp3) is 0.333. The van der Waals surface area contributed by atoms with E-state index in [-0.39, 0.29) is 6.54 Å². The molecular formula is C9H11NO2S. The summed E-state index contributed by atoms with van der Waals surface area (Å²) >= 11 is 1.64. The van der Waals surface area contributed by atoms with Gasteiger partial charge in [0, 0.05) is 6.54 Å². The number of ether oxygens (including phenoxy) is 1. The van der Waals surface area contributed by atoms with E-state index < -0.39 is 6.10 Å². The smallest absolute Gasteiger partial charge is 0.138 e. The van der Waals surface area contributed by atoms with Gasteiger partial charge in [-0.1, -0.05) is 17.8 Å². The molecule has 0 saturated heterocycles. The van der Waals surface area contributed by atoms with Gasteiger partial charge in [0.2, 0.25) is 0 Å². The first-order chi connectivity index (χ1) is 6.31. The quantitative estimate of drug-likeness (QED) is 0.746. The number of hydrogen-bond donors (Lipinski definition) is 2. The summed E-state index contributed by atoms with van der Waals surface area (Å²) in [6.07, 6.45) is -0.563. The lowest BCUT2D eigenvalue weighted by Crippen LogP contribution is -2.11. The van der Waals surface area contributed by atoms with Gasteiger partial charge in [0.15, 0.2) is 0 Å². The summed E-state index contributed by atoms with van der Waals surface area (Å²) < 4.78 is 5.32. The van der Waals surface area contributed by atoms with E-state index in [2.05, 4.69) is 0 Å². The van der Waals surface area contributed by atoms with E-state index >= 15 is 0 Å². The lowest BCUT2D eigenvalue weighted by Gasteiger charge is -2.08. The van der Waals surface area contributed by atoms with Gasteiger partial charge in [-0.3, -0.25) is 0 Å². The molecule has 3 nitrogen and oxygen atoms in total. The number of nitrogens with two attached hydrogens (primary N) is 1. The van der Waals surface area contributed by atoms with Crippen LogP contribution in [0, 0.1) is 0 Å². The Hall–Kier alpha value is -0.710. The van der Waals surface area contributed by atoms with Crippen molar-refractivity contribution in [1.29, 1.82) is 0 Å². The molecule has 1 aliphatic rings. The zero-order valence-corrected chi connectivity index (χ0v) is 7.88. The summed E-state index contributed by atoms with van der Waals surface area (Å²) in [6.45, 7) is 0.254. The number of aliphatic hydroxyl groups is 1. The highest BCUT2D eigenvalue weighted by atomic mass is 32.2. The summed E-state index contributed by atoms with van der Waals surface area (Å²) in [5, 5.41) is 9.49. The molecule has 0 bridgehead atoms. The molecule has 0 amide bonds. The Kier molecular flexibility index (Phi) is 2.44. The van der Waals surface area contributed by atoms with E-state index in [1.807, 2.05) is 18.2 Å². The van der Waals surface area contributed by atoms with Gasteiger partial charge in [-0.05, 0) is 17.7 Å². The number of thioether (sulfide) groups is 1. The molecule has 13 heavy (non-hydrogen) atoms. The zero-order chi connectivity index (χ0) is 9.26. The second-order valence-electron chi connectivity index (χ2n) is 2.86. The van der Waals surface area contributed by atoms with Crippen molar-refractivity contribution in [2.75, 3.05) is 12.5 Å². The molecule has 2 rings (SSSR count). The SMILES string of the molecule is NCC(O)c1ccc2c(c1)SCO2. The van der Waals surface area contributed by atoms with Crippen molar-refractivity contribution in [2.45, 2.75) is 11.0 Å². The Balaban J connectivity index is 2.30. The van der Waals surface area contributed by atoms with E-state index in [9.17, 15) is 5.11 Å². The average Bonchev–Trinajstić information content (AvgIpc) is 2.63. The van der Waals surface area contributed by atoms with Crippen LogP contribution >= 0.6 is 11.8 Å². The van der Waals surface area contributed by atoms with Gasteiger partial charge in [0.25, 0.3) is 0 Å². The Morgan fingerprint density at radius 1 is 1.62 bits per heavy atom. The number of aliphatic hydroxyl groups excluding tert-OH is 1. The van der Waals surface area contributed by atoms with Crippen LogP contribution in [-0.2, 0) is 0 Å². The highest BCUT2D eigenvalue weighted by molar-refractivity contribution is 7.99. The summed E-state index contributed by atoms with van der Waals surface area (Å²) in [5.74, 6) is 1.57. The highest BCUT2D eigenvalue weighted by Crippen LogP contribution is 2.37. The fourth-order valence-corrected chi connectivity index (χ4v) is 2.06. The maximum atomic E-state index is 9.49. The van der Waals surface area contributed by atoms with Crippen LogP contribution in [0.3, 0.4) is 0 Å². The molecule has 0 aromatic heterocycles. The average molecular weight is 197 g/mol. The van der Waals surface area contributed by atoms with Crippen LogP contribution in [0.2, 0.25) is 0 Å². The van der Waals surface area contributed by atoms with Crippen molar-refractivity contribution < 1.29 is 9.84 Å². The molecule has 1 heterocycles. The first-order valence-electron chi connectivity index (χ1n) is 4.09. The summed E-state index contributed by atoms with van der Waals surface area (Å²) in [7, 11) is 0. The fourth-order valence-electron chi connectivity index (χ4n) is 1.26. The van der Waals surface area contributed by atoms with Gasteiger partial charge in [-0.2, -0.15) is 0 Å². The number of rotatable bonds is 2. The number of fused-ring (bicyclic) bond motifs is 1. The van der Waals surface area contributed by atoms with Crippen LogP contribution in [0.25, 0.3) is 0 Å². The van der Waals surface area contributed by atoms with Crippen LogP contribution in [0.15, 0.2) is 23.1 Å². The van der Waals surface area contributed by atoms with Crippen molar-refractivity contribution in [3.63, 3.8) is 0 Å². The van der Waals surface area contributed by atoms with Crippen LogP contribution < -0.4 is 10.5 Å². The Morgan fingerprint density at radius 3 is 3.23 bits per heavy atom. The van der Waals surface area contributed by atoms with Crippen molar-refractivity contribution in [2.24, 2.45) is 5.73 Å². The van der Waals surface area contributed by atoms with E-state index in [1.165, 1.54) is 0 Å². The van der Waals surface area contributed by atoms with Crippen molar-refractivity contribution >= 4 is 11.8 Å². The molecule has 1 aliphatic heterocycles. The molecule has 1 atom stereocenters. The summed E-state index contributed by atoms with van der Waals surface area (Å²) in [6, 6.07) is 5.66. The number of benzene rings is 1. The molecule has 1 unspecified atom stereocenters. The second kappa shape index (κ2) is 3.57. The normalized spacial score (nSPS) is 16.5. The third-order valence-electron chi connectivity index (χ3n) is 2.00. The lowest BCUT2D eigenvalue weighted by atomic mass is 10.1. The summed E-state index contributed by atoms with van der Waals surface area (Å²) in [4.78, 5) is 1.09. The van der Waals surface area contributed by atoms with Crippen molar-refractivity contribution in [3.05, 3.63) is 23.8 Å². The minimum atomic E-state index is -0.563. The molecule has 1 aromatic rings. The monoisotopic (exact) mass is 197 g/mol. The van der Waals surface area contributed by atoms with Crippen LogP contribution in [0.1, 0.15) is 11.7 Å². The van der Waals surface area contributed by atoms with Gasteiger partial charge in [0.05, 0.1) is 11.0 Å². The van der Waals surface area contributed by atoms with Gasteiger partial charge in [0.1, 0.15) is 11.7 Å². The lowest BCUT2D eigenvalue weighted by molar-refractivity contribution is 0.186.